The third-order valence-corrected chi connectivity index (χ3v) is 3.78. The van der Waals surface area contributed by atoms with Crippen LogP contribution in [0.4, 0.5) is 0 Å². The van der Waals surface area contributed by atoms with Gasteiger partial charge in [0, 0.05) is 0 Å². The van der Waals surface area contributed by atoms with Crippen LogP contribution in [0.1, 0.15) is 0 Å². The van der Waals surface area contributed by atoms with Crippen molar-refractivity contribution in [3.05, 3.63) is 24.6 Å². The van der Waals surface area contributed by atoms with Gasteiger partial charge in [-0.25, -0.2) is 0 Å². The van der Waals surface area contributed by atoms with Gasteiger partial charge in [-0.05, 0) is 17.5 Å². The molecule has 0 amide bonds. The van der Waals surface area contributed by atoms with Gasteiger partial charge in [-0.15, -0.1) is 18.4 Å². The Kier molecular flexibility index (Phi) is 2.08. The monoisotopic (exact) mass is 177 g/mol. The molecule has 1 aromatic heterocycles. The molecule has 0 saturated heterocycles. The summed E-state index contributed by atoms with van der Waals surface area (Å²) < 4.78 is 23.2. The van der Waals surface area contributed by atoms with E-state index in [1.54, 1.807) is 17.5 Å². The number of thiophene rings is 1. The molecule has 0 radical (unpaired) electrons. The van der Waals surface area contributed by atoms with Gasteiger partial charge in [0.05, 0.1) is 0 Å². The second kappa shape index (κ2) is 2.69. The maximum absolute atomic E-state index is 11.0. The van der Waals surface area contributed by atoms with Gasteiger partial charge < -0.3 is 4.72 Å². The molecule has 56 valence electrons. The summed E-state index contributed by atoms with van der Waals surface area (Å²) in [7, 11) is 0.0346. The summed E-state index contributed by atoms with van der Waals surface area (Å²) in [5, 5.41) is 1.72. The van der Waals surface area contributed by atoms with Crippen LogP contribution in [-0.2, 0) is 10.0 Å². The Hall–Kier alpha value is -0.390. The van der Waals surface area contributed by atoms with Crippen molar-refractivity contribution in [2.24, 2.45) is 0 Å². The van der Waals surface area contributed by atoms with Crippen LogP contribution in [0.5, 0.6) is 0 Å². The van der Waals surface area contributed by atoms with Gasteiger partial charge in [-0.2, -0.15) is 8.42 Å². The van der Waals surface area contributed by atoms with Gasteiger partial charge >= 0.3 is 10.0 Å². The van der Waals surface area contributed by atoms with Gasteiger partial charge in [0.2, 0.25) is 0 Å². The van der Waals surface area contributed by atoms with Crippen LogP contribution < -0.4 is 4.72 Å². The zero-order chi connectivity index (χ0) is 7.61. The molecule has 0 aliphatic carbocycles. The molecule has 1 rings (SSSR count). The molecule has 1 heterocycles. The number of hydrogen-bond donors (Lipinski definition) is 1. The summed E-state index contributed by atoms with van der Waals surface area (Å²) in [5.41, 5.74) is 0. The number of hydrogen-bond acceptors (Lipinski definition) is 3. The third kappa shape index (κ3) is 1.36. The second-order valence-electron chi connectivity index (χ2n) is 1.64. The fraction of sp³-hybridized carbons (Fsp3) is 0. The summed E-state index contributed by atoms with van der Waals surface area (Å²) >= 11 is 1.20. The van der Waals surface area contributed by atoms with Gasteiger partial charge in [0.25, 0.3) is 0 Å². The molecule has 1 aromatic rings. The summed E-state index contributed by atoms with van der Waals surface area (Å²) in [5.74, 6) is 0. The highest BCUT2D eigenvalue weighted by Crippen LogP contribution is 2.11. The van der Waals surface area contributed by atoms with E-state index in [2.05, 4.69) is 7.05 Å². The topological polar surface area (TPSA) is 50.8 Å². The SMILES string of the molecule is [CH2-][NH2+]S(=O)(=O)c1cccs1. The van der Waals surface area contributed by atoms with Crippen LogP contribution >= 0.6 is 11.3 Å². The fourth-order valence-corrected chi connectivity index (χ4v) is 2.30. The van der Waals surface area contributed by atoms with Crippen LogP contribution in [0.2, 0.25) is 0 Å². The minimum absolute atomic E-state index is 0.350. The van der Waals surface area contributed by atoms with Crippen LogP contribution in [0.15, 0.2) is 21.7 Å². The third-order valence-electron chi connectivity index (χ3n) is 0.995. The average Bonchev–Trinajstić information content (AvgIpc) is 2.38. The standard InChI is InChI=1S/C5H7NO2S2/c1-6-10(7,8)5-3-2-4-9-5/h2-4H,1,6H2. The normalized spacial score (nSPS) is 11.7. The highest BCUT2D eigenvalue weighted by molar-refractivity contribution is 7.87. The molecule has 0 unspecified atom stereocenters. The molecule has 10 heavy (non-hydrogen) atoms. The predicted octanol–water partition coefficient (Wildman–Crippen LogP) is -0.208. The molecule has 0 saturated carbocycles. The minimum Gasteiger partial charge on any atom is -0.367 e. The van der Waals surface area contributed by atoms with Gasteiger partial charge in [-0.3, -0.25) is 0 Å². The molecule has 0 spiro atoms. The van der Waals surface area contributed by atoms with E-state index in [0.29, 0.717) is 4.21 Å². The molecule has 0 bridgehead atoms. The van der Waals surface area contributed by atoms with Crippen molar-refractivity contribution in [3.63, 3.8) is 0 Å². The Morgan fingerprint density at radius 1 is 1.60 bits per heavy atom. The molecule has 3 nitrogen and oxygen atoms in total. The smallest absolute Gasteiger partial charge is 0.309 e. The van der Waals surface area contributed by atoms with Crippen LogP contribution in [0.25, 0.3) is 0 Å². The van der Waals surface area contributed by atoms with E-state index < -0.39 is 10.0 Å². The number of sulfonamides is 1. The predicted molar refractivity (Wildman–Crippen MR) is 38.8 cm³/mol. The Morgan fingerprint density at radius 3 is 2.70 bits per heavy atom. The fourth-order valence-electron chi connectivity index (χ4n) is 0.508. The maximum atomic E-state index is 11.0. The Morgan fingerprint density at radius 2 is 2.30 bits per heavy atom. The van der Waals surface area contributed by atoms with Crippen LogP contribution in [0, 0.1) is 7.05 Å². The minimum atomic E-state index is -3.17. The molecular formula is C5H7NO2S2. The van der Waals surface area contributed by atoms with Crippen LogP contribution in [0.3, 0.4) is 0 Å². The van der Waals surface area contributed by atoms with Crippen molar-refractivity contribution >= 4 is 21.4 Å². The van der Waals surface area contributed by atoms with E-state index in [4.69, 9.17) is 0 Å². The highest BCUT2D eigenvalue weighted by Gasteiger charge is 2.12. The number of rotatable bonds is 2. The highest BCUT2D eigenvalue weighted by atomic mass is 32.2. The van der Waals surface area contributed by atoms with Crippen molar-refractivity contribution in [1.29, 1.82) is 0 Å². The Balaban J connectivity index is 3.09. The molecule has 0 fully saturated rings. The molecule has 5 heteroatoms. The lowest BCUT2D eigenvalue weighted by atomic mass is 10.7. The van der Waals surface area contributed by atoms with E-state index in [0.717, 1.165) is 4.72 Å². The largest absolute Gasteiger partial charge is 0.367 e. The van der Waals surface area contributed by atoms with Gasteiger partial charge in [0.15, 0.2) is 4.21 Å². The Bertz CT molecular complexity index is 287. The maximum Gasteiger partial charge on any atom is 0.309 e. The summed E-state index contributed by atoms with van der Waals surface area (Å²) in [4.78, 5) is 0. The quantitative estimate of drug-likeness (QED) is 0.636. The average molecular weight is 177 g/mol. The van der Waals surface area contributed by atoms with Crippen molar-refractivity contribution in [3.8, 4) is 0 Å². The first-order chi connectivity index (χ1) is 4.67. The second-order valence-corrected chi connectivity index (χ2v) is 4.71. The van der Waals surface area contributed by atoms with Crippen molar-refractivity contribution in [1.82, 2.24) is 0 Å². The number of nitrogens with two attached hydrogens (primary N) is 1. The first-order valence-electron chi connectivity index (χ1n) is 2.58. The van der Waals surface area contributed by atoms with Crippen molar-refractivity contribution in [2.45, 2.75) is 4.21 Å². The lowest BCUT2D eigenvalue weighted by Crippen LogP contribution is -2.80. The molecular weight excluding hydrogens is 170 g/mol. The van der Waals surface area contributed by atoms with Crippen molar-refractivity contribution in [2.75, 3.05) is 0 Å². The first-order valence-corrected chi connectivity index (χ1v) is 5.00. The van der Waals surface area contributed by atoms with E-state index >= 15 is 0 Å². The van der Waals surface area contributed by atoms with Gasteiger partial charge in [-0.1, -0.05) is 0 Å². The number of primary sulfonamides is 1. The van der Waals surface area contributed by atoms with E-state index in [1.807, 2.05) is 0 Å². The molecule has 0 atom stereocenters. The summed E-state index contributed by atoms with van der Waals surface area (Å²) in [6, 6.07) is 3.25. The zero-order valence-electron chi connectivity index (χ0n) is 5.15. The lowest BCUT2D eigenvalue weighted by molar-refractivity contribution is -0.424. The molecule has 0 aromatic carbocycles. The van der Waals surface area contributed by atoms with Crippen LogP contribution in [-0.4, -0.2) is 8.42 Å². The van der Waals surface area contributed by atoms with Crippen molar-refractivity contribution < 1.29 is 13.1 Å². The number of quaternary nitrogens is 1. The first kappa shape index (κ1) is 7.71. The zero-order valence-corrected chi connectivity index (χ0v) is 6.78. The summed E-state index contributed by atoms with van der Waals surface area (Å²) in [6.45, 7) is 0. The summed E-state index contributed by atoms with van der Waals surface area (Å²) in [6.07, 6.45) is 0. The molecule has 0 aliphatic heterocycles. The molecule has 0 aliphatic rings. The van der Waals surface area contributed by atoms with E-state index in [1.165, 1.54) is 11.3 Å². The Labute approximate surface area is 63.7 Å². The van der Waals surface area contributed by atoms with Gasteiger partial charge in [0.1, 0.15) is 0 Å². The van der Waals surface area contributed by atoms with E-state index in [9.17, 15) is 8.42 Å². The van der Waals surface area contributed by atoms with E-state index in [-0.39, 0.29) is 0 Å². The molecule has 2 N–H and O–H groups in total. The lowest BCUT2D eigenvalue weighted by Gasteiger charge is -1.96.